The summed E-state index contributed by atoms with van der Waals surface area (Å²) in [6.45, 7) is 2.72. The van der Waals surface area contributed by atoms with Gasteiger partial charge >= 0.3 is 6.03 Å². The zero-order valence-corrected chi connectivity index (χ0v) is 14.7. The van der Waals surface area contributed by atoms with Gasteiger partial charge in [-0.25, -0.2) is 4.79 Å². The Morgan fingerprint density at radius 3 is 2.50 bits per heavy atom. The second kappa shape index (κ2) is 8.75. The molecule has 0 fully saturated rings. The van der Waals surface area contributed by atoms with E-state index in [2.05, 4.69) is 21.6 Å². The summed E-state index contributed by atoms with van der Waals surface area (Å²) < 4.78 is 0. The third kappa shape index (κ3) is 5.31. The van der Waals surface area contributed by atoms with Gasteiger partial charge in [-0.05, 0) is 25.5 Å². The topological polar surface area (TPSA) is 64.7 Å². The third-order valence-corrected chi connectivity index (χ3v) is 4.50. The summed E-state index contributed by atoms with van der Waals surface area (Å²) >= 11 is 1.68. The van der Waals surface area contributed by atoms with Crippen molar-refractivity contribution in [2.45, 2.75) is 13.0 Å². The van der Waals surface area contributed by atoms with Gasteiger partial charge in [0.25, 0.3) is 0 Å². The van der Waals surface area contributed by atoms with Crippen LogP contribution >= 0.6 is 11.3 Å². The summed E-state index contributed by atoms with van der Waals surface area (Å²) in [5, 5.41) is 7.56. The van der Waals surface area contributed by atoms with E-state index in [1.165, 1.54) is 4.88 Å². The van der Waals surface area contributed by atoms with E-state index in [1.807, 2.05) is 25.5 Å². The maximum absolute atomic E-state index is 12.2. The second-order valence-electron chi connectivity index (χ2n) is 5.58. The number of carbonyl (C=O) groups excluding carboxylic acids is 2. The molecule has 0 aliphatic rings. The molecule has 2 atom stereocenters. The highest BCUT2D eigenvalue weighted by Gasteiger charge is 2.20. The normalized spacial score (nSPS) is 13.5. The highest BCUT2D eigenvalue weighted by atomic mass is 32.1. The van der Waals surface area contributed by atoms with Crippen molar-refractivity contribution in [1.82, 2.24) is 20.4 Å². The van der Waals surface area contributed by atoms with Crippen LogP contribution in [0.2, 0.25) is 0 Å². The first kappa shape index (κ1) is 18.4. The minimum Gasteiger partial charge on any atom is -0.359 e. The lowest BCUT2D eigenvalue weighted by Crippen LogP contribution is -2.44. The zero-order chi connectivity index (χ0) is 16.7. The molecule has 124 valence electrons. The van der Waals surface area contributed by atoms with Gasteiger partial charge in [-0.3, -0.25) is 4.79 Å². The Labute approximate surface area is 136 Å². The van der Waals surface area contributed by atoms with E-state index in [0.29, 0.717) is 13.1 Å². The van der Waals surface area contributed by atoms with Crippen molar-refractivity contribution >= 4 is 23.3 Å². The molecule has 2 N–H and O–H groups in total. The van der Waals surface area contributed by atoms with E-state index in [1.54, 1.807) is 37.3 Å². The number of hydrogen-bond acceptors (Lipinski definition) is 4. The number of hydrogen-bond donors (Lipinski definition) is 2. The van der Waals surface area contributed by atoms with Gasteiger partial charge < -0.3 is 20.4 Å². The average molecular weight is 326 g/mol. The minimum absolute atomic E-state index is 0.0654. The van der Waals surface area contributed by atoms with Crippen LogP contribution in [0, 0.1) is 5.92 Å². The van der Waals surface area contributed by atoms with Crippen LogP contribution in [0.15, 0.2) is 17.5 Å². The van der Waals surface area contributed by atoms with Crippen molar-refractivity contribution in [1.29, 1.82) is 0 Å². The molecule has 0 aliphatic carbocycles. The summed E-state index contributed by atoms with van der Waals surface area (Å²) in [6.07, 6.45) is 0. The Hall–Kier alpha value is -1.60. The quantitative estimate of drug-likeness (QED) is 0.795. The van der Waals surface area contributed by atoms with E-state index in [9.17, 15) is 9.59 Å². The first-order valence-corrected chi connectivity index (χ1v) is 8.15. The Kier molecular flexibility index (Phi) is 7.34. The average Bonchev–Trinajstić information content (AvgIpc) is 2.99. The van der Waals surface area contributed by atoms with E-state index in [4.69, 9.17) is 0 Å². The lowest BCUT2D eigenvalue weighted by molar-refractivity contribution is -0.124. The molecule has 6 nitrogen and oxygen atoms in total. The van der Waals surface area contributed by atoms with Gasteiger partial charge in [0, 0.05) is 32.1 Å². The largest absolute Gasteiger partial charge is 0.359 e. The smallest absolute Gasteiger partial charge is 0.317 e. The van der Waals surface area contributed by atoms with Crippen molar-refractivity contribution in [2.75, 3.05) is 41.3 Å². The Morgan fingerprint density at radius 2 is 2.00 bits per heavy atom. The van der Waals surface area contributed by atoms with Crippen LogP contribution in [0.25, 0.3) is 0 Å². The van der Waals surface area contributed by atoms with E-state index in [-0.39, 0.29) is 23.9 Å². The molecule has 0 saturated carbocycles. The van der Waals surface area contributed by atoms with Gasteiger partial charge in [0.05, 0.1) is 12.0 Å². The summed E-state index contributed by atoms with van der Waals surface area (Å²) in [5.74, 6) is -0.299. The molecule has 0 aliphatic heterocycles. The Bertz CT molecular complexity index is 476. The molecule has 1 aromatic rings. The van der Waals surface area contributed by atoms with Gasteiger partial charge in [0.1, 0.15) is 0 Å². The van der Waals surface area contributed by atoms with Crippen molar-refractivity contribution < 1.29 is 9.59 Å². The number of carbonyl (C=O) groups is 2. The lowest BCUT2D eigenvalue weighted by atomic mass is 10.1. The van der Waals surface area contributed by atoms with Crippen LogP contribution in [0.3, 0.4) is 0 Å². The molecule has 7 heteroatoms. The maximum Gasteiger partial charge on any atom is 0.317 e. The highest BCUT2D eigenvalue weighted by molar-refractivity contribution is 7.10. The number of nitrogens with zero attached hydrogens (tertiary/aromatic N) is 2. The predicted molar refractivity (Wildman–Crippen MR) is 90.0 cm³/mol. The number of nitrogens with one attached hydrogen (secondary N) is 2. The van der Waals surface area contributed by atoms with Gasteiger partial charge in [-0.1, -0.05) is 13.0 Å². The molecule has 0 aromatic carbocycles. The molecule has 1 rings (SSSR count). The molecule has 0 radical (unpaired) electrons. The molecule has 0 saturated heterocycles. The zero-order valence-electron chi connectivity index (χ0n) is 13.9. The van der Waals surface area contributed by atoms with Crippen molar-refractivity contribution in [3.63, 3.8) is 0 Å². The summed E-state index contributed by atoms with van der Waals surface area (Å²) in [7, 11) is 7.29. The predicted octanol–water partition coefficient (Wildman–Crippen LogP) is 1.37. The molecule has 0 spiro atoms. The molecule has 0 bridgehead atoms. The fourth-order valence-electron chi connectivity index (χ4n) is 2.16. The Morgan fingerprint density at radius 1 is 1.32 bits per heavy atom. The highest BCUT2D eigenvalue weighted by Crippen LogP contribution is 2.22. The van der Waals surface area contributed by atoms with E-state index in [0.717, 1.165) is 0 Å². The molecule has 0 unspecified atom stereocenters. The van der Waals surface area contributed by atoms with Crippen molar-refractivity contribution in [3.05, 3.63) is 22.4 Å². The Balaban J connectivity index is 2.51. The van der Waals surface area contributed by atoms with Gasteiger partial charge in [0.15, 0.2) is 0 Å². The number of urea groups is 1. The van der Waals surface area contributed by atoms with Crippen LogP contribution in [-0.2, 0) is 4.79 Å². The van der Waals surface area contributed by atoms with Crippen molar-refractivity contribution in [2.24, 2.45) is 5.92 Å². The van der Waals surface area contributed by atoms with Crippen LogP contribution < -0.4 is 10.6 Å². The molecular formula is C15H26N4O2S. The third-order valence-electron chi connectivity index (χ3n) is 3.53. The van der Waals surface area contributed by atoms with Crippen molar-refractivity contribution in [3.8, 4) is 0 Å². The molecule has 3 amide bonds. The lowest BCUT2D eigenvalue weighted by Gasteiger charge is -2.26. The SMILES string of the molecule is CNC(=O)[C@H](C)CN(C)C(=O)NC[C@@H](c1cccs1)N(C)C. The summed E-state index contributed by atoms with van der Waals surface area (Å²) in [4.78, 5) is 28.5. The van der Waals surface area contributed by atoms with E-state index < -0.39 is 0 Å². The van der Waals surface area contributed by atoms with Crippen LogP contribution in [0.5, 0.6) is 0 Å². The number of amides is 3. The molecule has 1 heterocycles. The van der Waals surface area contributed by atoms with Crippen LogP contribution in [-0.4, -0.2) is 63.0 Å². The first-order chi connectivity index (χ1) is 10.4. The van der Waals surface area contributed by atoms with Crippen LogP contribution in [0.1, 0.15) is 17.8 Å². The molecule has 1 aromatic heterocycles. The van der Waals surface area contributed by atoms with Crippen LogP contribution in [0.4, 0.5) is 4.79 Å². The fraction of sp³-hybridized carbons (Fsp3) is 0.600. The first-order valence-electron chi connectivity index (χ1n) is 7.27. The van der Waals surface area contributed by atoms with Gasteiger partial charge in [0.2, 0.25) is 5.91 Å². The number of thiophene rings is 1. The second-order valence-corrected chi connectivity index (χ2v) is 6.56. The van der Waals surface area contributed by atoms with E-state index >= 15 is 0 Å². The standard InChI is InChI=1S/C15H26N4O2S/c1-11(14(20)16-2)10-19(5)15(21)17-9-12(18(3)4)13-7-6-8-22-13/h6-8,11-12H,9-10H2,1-5H3,(H,16,20)(H,17,21)/t11-,12+/m1/s1. The van der Waals surface area contributed by atoms with Gasteiger partial charge in [-0.15, -0.1) is 11.3 Å². The fourth-order valence-corrected chi connectivity index (χ4v) is 3.08. The summed E-state index contributed by atoms with van der Waals surface area (Å²) in [6, 6.07) is 4.06. The maximum atomic E-state index is 12.2. The molecular weight excluding hydrogens is 300 g/mol. The number of likely N-dealkylation sites (N-methyl/N-ethyl adjacent to an activating group) is 1. The summed E-state index contributed by atoms with van der Waals surface area (Å²) in [5.41, 5.74) is 0. The molecule has 22 heavy (non-hydrogen) atoms. The minimum atomic E-state index is -0.234. The van der Waals surface area contributed by atoms with Gasteiger partial charge in [-0.2, -0.15) is 0 Å². The monoisotopic (exact) mass is 326 g/mol. The number of rotatable bonds is 7.